The van der Waals surface area contributed by atoms with E-state index in [1.807, 2.05) is 6.08 Å². The molecule has 0 aliphatic carbocycles. The Kier molecular flexibility index (Phi) is 7.59. The Morgan fingerprint density at radius 1 is 1.09 bits per heavy atom. The first-order valence-corrected chi connectivity index (χ1v) is 8.17. The van der Waals surface area contributed by atoms with E-state index in [4.69, 9.17) is 14.2 Å². The second kappa shape index (κ2) is 8.93. The molecule has 0 aromatic heterocycles. The van der Waals surface area contributed by atoms with Gasteiger partial charge in [-0.3, -0.25) is 9.59 Å². The number of hydrogen-bond acceptors (Lipinski definition) is 5. The lowest BCUT2D eigenvalue weighted by molar-refractivity contribution is -0.173. The van der Waals surface area contributed by atoms with Crippen LogP contribution < -0.4 is 0 Å². The molecule has 0 aromatic rings. The number of ether oxygens (including phenoxy) is 3. The molecule has 1 fully saturated rings. The van der Waals surface area contributed by atoms with Gasteiger partial charge in [0.2, 0.25) is 0 Å². The summed E-state index contributed by atoms with van der Waals surface area (Å²) < 4.78 is 15.6. The van der Waals surface area contributed by atoms with Crippen molar-refractivity contribution in [1.29, 1.82) is 0 Å². The maximum atomic E-state index is 12.5. The highest BCUT2D eigenvalue weighted by molar-refractivity contribution is 6.00. The molecule has 0 N–H and O–H groups in total. The van der Waals surface area contributed by atoms with Crippen molar-refractivity contribution < 1.29 is 23.8 Å². The molecule has 126 valence electrons. The van der Waals surface area contributed by atoms with Crippen LogP contribution in [-0.4, -0.2) is 37.9 Å². The first-order chi connectivity index (χ1) is 10.5. The Hall–Kier alpha value is -1.36. The Balaban J connectivity index is 3.08. The number of allylic oxidation sites excluding steroid dienone is 2. The van der Waals surface area contributed by atoms with E-state index in [0.29, 0.717) is 19.4 Å². The minimum Gasteiger partial charge on any atom is -0.465 e. The van der Waals surface area contributed by atoms with Crippen LogP contribution in [0.4, 0.5) is 0 Å². The fourth-order valence-corrected chi connectivity index (χ4v) is 2.47. The standard InChI is InChI=1S/C17H28O5/c1-5-13(6-2)9-10-17(11-14-12-22-14,15(18)20-7-3)16(19)21-8-4/h9,14H,5-8,10-12H2,1-4H3. The number of carbonyl (C=O) groups is 2. The van der Waals surface area contributed by atoms with Gasteiger partial charge in [-0.05, 0) is 33.1 Å². The Bertz CT molecular complexity index is 385. The quantitative estimate of drug-likeness (QED) is 0.268. The highest BCUT2D eigenvalue weighted by Crippen LogP contribution is 2.37. The molecular weight excluding hydrogens is 284 g/mol. The van der Waals surface area contributed by atoms with Gasteiger partial charge >= 0.3 is 11.9 Å². The zero-order chi connectivity index (χ0) is 16.6. The van der Waals surface area contributed by atoms with Gasteiger partial charge in [0.1, 0.15) is 0 Å². The molecule has 1 atom stereocenters. The summed E-state index contributed by atoms with van der Waals surface area (Å²) in [6, 6.07) is 0. The van der Waals surface area contributed by atoms with Crippen molar-refractivity contribution in [3.8, 4) is 0 Å². The molecule has 0 radical (unpaired) electrons. The zero-order valence-corrected chi connectivity index (χ0v) is 14.1. The molecule has 0 bridgehead atoms. The number of rotatable bonds is 10. The average Bonchev–Trinajstić information content (AvgIpc) is 3.31. The highest BCUT2D eigenvalue weighted by atomic mass is 16.6. The number of esters is 2. The van der Waals surface area contributed by atoms with Crippen molar-refractivity contribution in [1.82, 2.24) is 0 Å². The highest BCUT2D eigenvalue weighted by Gasteiger charge is 2.51. The van der Waals surface area contributed by atoms with E-state index < -0.39 is 17.4 Å². The van der Waals surface area contributed by atoms with E-state index in [1.54, 1.807) is 13.8 Å². The van der Waals surface area contributed by atoms with Crippen molar-refractivity contribution in [3.63, 3.8) is 0 Å². The topological polar surface area (TPSA) is 65.1 Å². The molecule has 5 nitrogen and oxygen atoms in total. The summed E-state index contributed by atoms with van der Waals surface area (Å²) in [5, 5.41) is 0. The molecule has 1 unspecified atom stereocenters. The van der Waals surface area contributed by atoms with Gasteiger partial charge in [0.25, 0.3) is 0 Å². The van der Waals surface area contributed by atoms with Gasteiger partial charge in [-0.25, -0.2) is 0 Å². The molecule has 0 saturated carbocycles. The second-order valence-electron chi connectivity index (χ2n) is 5.46. The average molecular weight is 312 g/mol. The van der Waals surface area contributed by atoms with Crippen LogP contribution in [-0.2, 0) is 23.8 Å². The van der Waals surface area contributed by atoms with Crippen molar-refractivity contribution in [2.75, 3.05) is 19.8 Å². The summed E-state index contributed by atoms with van der Waals surface area (Å²) >= 11 is 0. The summed E-state index contributed by atoms with van der Waals surface area (Å²) in [6.07, 6.45) is 4.35. The van der Waals surface area contributed by atoms with Gasteiger partial charge < -0.3 is 14.2 Å². The van der Waals surface area contributed by atoms with Gasteiger partial charge in [-0.2, -0.15) is 0 Å². The molecule has 0 amide bonds. The Morgan fingerprint density at radius 3 is 1.95 bits per heavy atom. The SMILES string of the molecule is CCOC(=O)C(CC=C(CC)CC)(CC1CO1)C(=O)OCC. The molecule has 22 heavy (non-hydrogen) atoms. The van der Waals surface area contributed by atoms with Crippen LogP contribution in [0.5, 0.6) is 0 Å². The molecule has 1 rings (SSSR count). The van der Waals surface area contributed by atoms with Gasteiger partial charge in [0, 0.05) is 6.42 Å². The largest absolute Gasteiger partial charge is 0.465 e. The molecule has 1 aliphatic heterocycles. The summed E-state index contributed by atoms with van der Waals surface area (Å²) in [6.45, 7) is 8.67. The van der Waals surface area contributed by atoms with Crippen LogP contribution in [0.1, 0.15) is 53.4 Å². The molecule has 1 saturated heterocycles. The predicted octanol–water partition coefficient (Wildman–Crippen LogP) is 3.02. The number of carbonyl (C=O) groups excluding carboxylic acids is 2. The second-order valence-corrected chi connectivity index (χ2v) is 5.46. The third kappa shape index (κ3) is 4.83. The zero-order valence-electron chi connectivity index (χ0n) is 14.1. The molecule has 1 heterocycles. The fraction of sp³-hybridized carbons (Fsp3) is 0.765. The monoisotopic (exact) mass is 312 g/mol. The van der Waals surface area contributed by atoms with Crippen molar-refractivity contribution >= 4 is 11.9 Å². The summed E-state index contributed by atoms with van der Waals surface area (Å²) in [5.74, 6) is -1.02. The lowest BCUT2D eigenvalue weighted by Gasteiger charge is -2.28. The predicted molar refractivity (Wildman–Crippen MR) is 83.3 cm³/mol. The normalized spacial score (nSPS) is 16.8. The fourth-order valence-electron chi connectivity index (χ4n) is 2.47. The maximum Gasteiger partial charge on any atom is 0.323 e. The molecule has 0 aromatic carbocycles. The molecule has 5 heteroatoms. The van der Waals surface area contributed by atoms with E-state index in [-0.39, 0.29) is 19.3 Å². The van der Waals surface area contributed by atoms with Crippen molar-refractivity contribution in [2.45, 2.75) is 59.5 Å². The minimum absolute atomic E-state index is 0.0612. The Morgan fingerprint density at radius 2 is 1.59 bits per heavy atom. The van der Waals surface area contributed by atoms with E-state index >= 15 is 0 Å². The van der Waals surface area contributed by atoms with Gasteiger partial charge in [0.05, 0.1) is 25.9 Å². The van der Waals surface area contributed by atoms with Crippen LogP contribution in [0.25, 0.3) is 0 Å². The third-order valence-electron chi connectivity index (χ3n) is 3.96. The molecule has 0 spiro atoms. The van der Waals surface area contributed by atoms with Crippen LogP contribution >= 0.6 is 0 Å². The van der Waals surface area contributed by atoms with E-state index in [9.17, 15) is 9.59 Å². The molecule has 1 aliphatic rings. The summed E-state index contributed by atoms with van der Waals surface area (Å²) in [7, 11) is 0. The van der Waals surface area contributed by atoms with Gasteiger partial charge in [-0.15, -0.1) is 0 Å². The maximum absolute atomic E-state index is 12.5. The lowest BCUT2D eigenvalue weighted by atomic mass is 9.79. The lowest BCUT2D eigenvalue weighted by Crippen LogP contribution is -2.43. The van der Waals surface area contributed by atoms with Crippen LogP contribution in [0, 0.1) is 5.41 Å². The summed E-state index contributed by atoms with van der Waals surface area (Å²) in [4.78, 5) is 25.1. The number of hydrogen-bond donors (Lipinski definition) is 0. The van der Waals surface area contributed by atoms with Crippen molar-refractivity contribution in [3.05, 3.63) is 11.6 Å². The van der Waals surface area contributed by atoms with E-state index in [2.05, 4.69) is 13.8 Å². The van der Waals surface area contributed by atoms with Gasteiger partial charge in [0.15, 0.2) is 5.41 Å². The van der Waals surface area contributed by atoms with Crippen LogP contribution in [0.3, 0.4) is 0 Å². The first-order valence-electron chi connectivity index (χ1n) is 8.17. The molecular formula is C17H28O5. The van der Waals surface area contributed by atoms with Crippen molar-refractivity contribution in [2.24, 2.45) is 5.41 Å². The minimum atomic E-state index is -1.29. The van der Waals surface area contributed by atoms with E-state index in [0.717, 1.165) is 12.8 Å². The van der Waals surface area contributed by atoms with Crippen LogP contribution in [0.15, 0.2) is 11.6 Å². The third-order valence-corrected chi connectivity index (χ3v) is 3.96. The number of epoxide rings is 1. The Labute approximate surface area is 133 Å². The van der Waals surface area contributed by atoms with Crippen LogP contribution in [0.2, 0.25) is 0 Å². The summed E-state index contributed by atoms with van der Waals surface area (Å²) in [5.41, 5.74) is -0.0716. The first kappa shape index (κ1) is 18.7. The van der Waals surface area contributed by atoms with Gasteiger partial charge in [-0.1, -0.05) is 25.5 Å². The smallest absolute Gasteiger partial charge is 0.323 e. The van der Waals surface area contributed by atoms with E-state index in [1.165, 1.54) is 5.57 Å².